The van der Waals surface area contributed by atoms with Crippen LogP contribution in [0.4, 0.5) is 5.95 Å². The van der Waals surface area contributed by atoms with E-state index in [1.807, 2.05) is 84.9 Å². The van der Waals surface area contributed by atoms with E-state index in [1.54, 1.807) is 6.08 Å². The number of carbonyl (C=O) groups is 2. The summed E-state index contributed by atoms with van der Waals surface area (Å²) in [7, 11) is 0. The van der Waals surface area contributed by atoms with Gasteiger partial charge in [0.25, 0.3) is 5.91 Å². The molecule has 0 aliphatic heterocycles. The standard InChI is InChI=1S/C26H23N5O2/c32-24(15-14-20-10-7-13-23(16-20)22-11-5-2-6-12-22)29-26-28-19-31(30-26)18-25(33)27-17-21-8-3-1-4-9-21/h1-16,19H,17-18H2,(H,27,33)(H,29,30,32). The highest BCUT2D eigenvalue weighted by molar-refractivity contribution is 6.00. The van der Waals surface area contributed by atoms with Crippen LogP contribution in [0.1, 0.15) is 11.1 Å². The molecule has 0 aliphatic rings. The molecule has 1 aromatic heterocycles. The van der Waals surface area contributed by atoms with E-state index >= 15 is 0 Å². The lowest BCUT2D eigenvalue weighted by Gasteiger charge is -2.05. The maximum absolute atomic E-state index is 12.3. The van der Waals surface area contributed by atoms with Crippen molar-refractivity contribution in [3.8, 4) is 11.1 Å². The maximum atomic E-state index is 12.3. The molecule has 0 saturated carbocycles. The Hall–Kier alpha value is -4.52. The Bertz CT molecular complexity index is 1250. The van der Waals surface area contributed by atoms with E-state index in [2.05, 4.69) is 20.7 Å². The van der Waals surface area contributed by atoms with Crippen LogP contribution in [-0.4, -0.2) is 26.6 Å². The number of anilines is 1. The topological polar surface area (TPSA) is 88.9 Å². The number of aromatic nitrogens is 3. The van der Waals surface area contributed by atoms with Gasteiger partial charge in [-0.3, -0.25) is 14.9 Å². The molecular formula is C26H23N5O2. The monoisotopic (exact) mass is 437 g/mol. The quantitative estimate of drug-likeness (QED) is 0.409. The largest absolute Gasteiger partial charge is 0.350 e. The smallest absolute Gasteiger partial charge is 0.250 e. The van der Waals surface area contributed by atoms with Crippen LogP contribution >= 0.6 is 0 Å². The summed E-state index contributed by atoms with van der Waals surface area (Å²) in [6, 6.07) is 27.6. The second kappa shape index (κ2) is 10.7. The summed E-state index contributed by atoms with van der Waals surface area (Å²) >= 11 is 0. The van der Waals surface area contributed by atoms with Crippen LogP contribution in [0.15, 0.2) is 97.3 Å². The van der Waals surface area contributed by atoms with Gasteiger partial charge in [0.2, 0.25) is 11.9 Å². The van der Waals surface area contributed by atoms with Crippen molar-refractivity contribution < 1.29 is 9.59 Å². The fraction of sp³-hybridized carbons (Fsp3) is 0.0769. The zero-order chi connectivity index (χ0) is 22.9. The average Bonchev–Trinajstić information content (AvgIpc) is 3.29. The molecule has 0 saturated heterocycles. The summed E-state index contributed by atoms with van der Waals surface area (Å²) in [5.41, 5.74) is 4.10. The Morgan fingerprint density at radius 2 is 1.61 bits per heavy atom. The third-order valence-corrected chi connectivity index (χ3v) is 4.83. The number of rotatable bonds is 8. The van der Waals surface area contributed by atoms with E-state index in [0.717, 1.165) is 22.3 Å². The highest BCUT2D eigenvalue weighted by atomic mass is 16.2. The molecule has 2 amide bonds. The Balaban J connectivity index is 1.29. The van der Waals surface area contributed by atoms with Crippen molar-refractivity contribution in [3.63, 3.8) is 0 Å². The predicted octanol–water partition coefficient (Wildman–Crippen LogP) is 3.91. The van der Waals surface area contributed by atoms with Crippen molar-refractivity contribution in [1.82, 2.24) is 20.1 Å². The van der Waals surface area contributed by atoms with Gasteiger partial charge >= 0.3 is 0 Å². The van der Waals surface area contributed by atoms with E-state index in [9.17, 15) is 9.59 Å². The third kappa shape index (κ3) is 6.48. The zero-order valence-corrected chi connectivity index (χ0v) is 17.9. The van der Waals surface area contributed by atoms with Crippen LogP contribution in [0.3, 0.4) is 0 Å². The lowest BCUT2D eigenvalue weighted by molar-refractivity contribution is -0.122. The molecule has 0 radical (unpaired) electrons. The van der Waals surface area contributed by atoms with Crippen molar-refractivity contribution in [2.24, 2.45) is 0 Å². The minimum absolute atomic E-state index is 0.0117. The predicted molar refractivity (Wildman–Crippen MR) is 128 cm³/mol. The Morgan fingerprint density at radius 3 is 2.39 bits per heavy atom. The first-order chi connectivity index (χ1) is 16.2. The van der Waals surface area contributed by atoms with Crippen LogP contribution in [0, 0.1) is 0 Å². The summed E-state index contributed by atoms with van der Waals surface area (Å²) < 4.78 is 1.38. The molecule has 0 fully saturated rings. The second-order valence-corrected chi connectivity index (χ2v) is 7.34. The number of nitrogens with zero attached hydrogens (tertiary/aromatic N) is 3. The molecule has 4 aromatic rings. The SMILES string of the molecule is O=C(C=Cc1cccc(-c2ccccc2)c1)Nc1ncn(CC(=O)NCc2ccccc2)n1. The molecule has 2 N–H and O–H groups in total. The Labute approximate surface area is 191 Å². The first-order valence-corrected chi connectivity index (χ1v) is 10.5. The molecule has 0 bridgehead atoms. The number of amides is 2. The van der Waals surface area contributed by atoms with Gasteiger partial charge in [-0.2, -0.15) is 0 Å². The number of carbonyl (C=O) groups excluding carboxylic acids is 2. The van der Waals surface area contributed by atoms with Crippen LogP contribution in [-0.2, 0) is 22.7 Å². The lowest BCUT2D eigenvalue weighted by Crippen LogP contribution is -2.27. The van der Waals surface area contributed by atoms with Gasteiger partial charge in [-0.1, -0.05) is 78.9 Å². The van der Waals surface area contributed by atoms with Crippen LogP contribution < -0.4 is 10.6 Å². The number of hydrogen-bond donors (Lipinski definition) is 2. The molecule has 164 valence electrons. The molecule has 7 heteroatoms. The first kappa shape index (κ1) is 21.7. The highest BCUT2D eigenvalue weighted by Gasteiger charge is 2.08. The van der Waals surface area contributed by atoms with Gasteiger partial charge in [0.1, 0.15) is 12.9 Å². The van der Waals surface area contributed by atoms with E-state index < -0.39 is 0 Å². The molecule has 0 aliphatic carbocycles. The normalized spacial score (nSPS) is 10.8. The maximum Gasteiger partial charge on any atom is 0.250 e. The summed E-state index contributed by atoms with van der Waals surface area (Å²) in [5, 5.41) is 9.57. The Morgan fingerprint density at radius 1 is 0.879 bits per heavy atom. The fourth-order valence-electron chi connectivity index (χ4n) is 3.20. The van der Waals surface area contributed by atoms with Crippen molar-refractivity contribution in [2.45, 2.75) is 13.1 Å². The minimum atomic E-state index is -0.355. The van der Waals surface area contributed by atoms with Crippen molar-refractivity contribution in [3.05, 3.63) is 108 Å². The Kier molecular flexibility index (Phi) is 7.02. The molecule has 3 aromatic carbocycles. The molecule has 7 nitrogen and oxygen atoms in total. The molecule has 0 spiro atoms. The first-order valence-electron chi connectivity index (χ1n) is 10.5. The third-order valence-electron chi connectivity index (χ3n) is 4.83. The summed E-state index contributed by atoms with van der Waals surface area (Å²) in [4.78, 5) is 28.4. The minimum Gasteiger partial charge on any atom is -0.350 e. The van der Waals surface area contributed by atoms with Gasteiger partial charge in [-0.05, 0) is 34.4 Å². The molecule has 0 unspecified atom stereocenters. The number of nitrogens with one attached hydrogen (secondary N) is 2. The van der Waals surface area contributed by atoms with E-state index in [4.69, 9.17) is 0 Å². The second-order valence-electron chi connectivity index (χ2n) is 7.34. The van der Waals surface area contributed by atoms with Crippen molar-refractivity contribution in [2.75, 3.05) is 5.32 Å². The van der Waals surface area contributed by atoms with Gasteiger partial charge in [-0.15, -0.1) is 5.10 Å². The fourth-order valence-corrected chi connectivity index (χ4v) is 3.20. The van der Waals surface area contributed by atoms with Crippen LogP contribution in [0.2, 0.25) is 0 Å². The summed E-state index contributed by atoms with van der Waals surface area (Å²) in [6.07, 6.45) is 4.57. The van der Waals surface area contributed by atoms with E-state index in [1.165, 1.54) is 17.1 Å². The summed E-state index contributed by atoms with van der Waals surface area (Å²) in [5.74, 6) is -0.412. The molecule has 1 heterocycles. The van der Waals surface area contributed by atoms with Gasteiger partial charge < -0.3 is 5.32 Å². The highest BCUT2D eigenvalue weighted by Crippen LogP contribution is 2.20. The molecule has 0 atom stereocenters. The number of benzene rings is 3. The van der Waals surface area contributed by atoms with Gasteiger partial charge in [-0.25, -0.2) is 9.67 Å². The molecule has 33 heavy (non-hydrogen) atoms. The summed E-state index contributed by atoms with van der Waals surface area (Å²) in [6.45, 7) is 0.450. The van der Waals surface area contributed by atoms with E-state index in [-0.39, 0.29) is 24.3 Å². The average molecular weight is 438 g/mol. The molecule has 4 rings (SSSR count). The number of hydrogen-bond acceptors (Lipinski definition) is 4. The van der Waals surface area contributed by atoms with Crippen molar-refractivity contribution >= 4 is 23.8 Å². The van der Waals surface area contributed by atoms with Crippen LogP contribution in [0.5, 0.6) is 0 Å². The molecular weight excluding hydrogens is 414 g/mol. The van der Waals surface area contributed by atoms with Crippen molar-refractivity contribution in [1.29, 1.82) is 0 Å². The van der Waals surface area contributed by atoms with Gasteiger partial charge in [0.05, 0.1) is 0 Å². The van der Waals surface area contributed by atoms with Crippen LogP contribution in [0.25, 0.3) is 17.2 Å². The lowest BCUT2D eigenvalue weighted by atomic mass is 10.0. The van der Waals surface area contributed by atoms with Gasteiger partial charge in [0, 0.05) is 12.6 Å². The zero-order valence-electron chi connectivity index (χ0n) is 17.9. The van der Waals surface area contributed by atoms with E-state index in [0.29, 0.717) is 6.54 Å². The van der Waals surface area contributed by atoms with Gasteiger partial charge in [0.15, 0.2) is 0 Å².